The molecule has 3 aromatic carbocycles. The number of ketones is 1. The van der Waals surface area contributed by atoms with Gasteiger partial charge in [0.25, 0.3) is 5.91 Å². The van der Waals surface area contributed by atoms with E-state index in [0.717, 1.165) is 47.6 Å². The van der Waals surface area contributed by atoms with Gasteiger partial charge in [0.15, 0.2) is 11.5 Å². The van der Waals surface area contributed by atoms with Crippen LogP contribution in [0, 0.1) is 0 Å². The minimum absolute atomic E-state index is 0.0882. The molecule has 8 heteroatoms. The molecule has 2 amide bonds. The van der Waals surface area contributed by atoms with Crippen LogP contribution >= 0.6 is 0 Å². The summed E-state index contributed by atoms with van der Waals surface area (Å²) in [7, 11) is 0. The predicted octanol–water partition coefficient (Wildman–Crippen LogP) is 5.37. The van der Waals surface area contributed by atoms with Crippen molar-refractivity contribution in [1.29, 1.82) is 0 Å². The molecule has 1 fully saturated rings. The smallest absolute Gasteiger partial charge is 0.272 e. The summed E-state index contributed by atoms with van der Waals surface area (Å²) in [5.74, 6) is -0.950. The van der Waals surface area contributed by atoms with E-state index < -0.39 is 5.91 Å². The number of nitrogens with one attached hydrogen (secondary N) is 2. The molecule has 8 nitrogen and oxygen atoms in total. The molecule has 0 radical (unpaired) electrons. The number of carbonyl (C=O) groups excluding carboxylic acids is 3. The number of fused-ring (bicyclic) bond motifs is 1. The first-order chi connectivity index (χ1) is 19.9. The van der Waals surface area contributed by atoms with E-state index in [0.29, 0.717) is 6.61 Å². The van der Waals surface area contributed by atoms with Crippen molar-refractivity contribution in [3.8, 4) is 0 Å². The van der Waals surface area contributed by atoms with Crippen molar-refractivity contribution >= 4 is 28.4 Å². The van der Waals surface area contributed by atoms with Gasteiger partial charge in [-0.25, -0.2) is 0 Å². The zero-order valence-electron chi connectivity index (χ0n) is 23.5. The molecule has 1 aromatic heterocycles. The summed E-state index contributed by atoms with van der Waals surface area (Å²) in [4.78, 5) is 38.7. The van der Waals surface area contributed by atoms with Crippen molar-refractivity contribution in [2.45, 2.75) is 70.9 Å². The van der Waals surface area contributed by atoms with Gasteiger partial charge in [-0.2, -0.15) is 5.10 Å². The molecule has 5 rings (SSSR count). The minimum atomic E-state index is -0.409. The summed E-state index contributed by atoms with van der Waals surface area (Å²) in [5.41, 5.74) is 2.38. The average Bonchev–Trinajstić information content (AvgIpc) is 3.41. The molecule has 2 N–H and O–H groups in total. The first kappa shape index (κ1) is 28.2. The largest absolute Gasteiger partial charge is 0.371 e. The Hall–Kier alpha value is -4.30. The Morgan fingerprint density at radius 2 is 1.71 bits per heavy atom. The van der Waals surface area contributed by atoms with Crippen LogP contribution in [-0.2, 0) is 22.7 Å². The molecule has 212 valence electrons. The van der Waals surface area contributed by atoms with Gasteiger partial charge in [-0.1, -0.05) is 85.6 Å². The van der Waals surface area contributed by atoms with Crippen LogP contribution in [0.2, 0.25) is 0 Å². The zero-order valence-corrected chi connectivity index (χ0v) is 23.5. The van der Waals surface area contributed by atoms with Crippen LogP contribution in [0.15, 0.2) is 78.9 Å². The highest BCUT2D eigenvalue weighted by Gasteiger charge is 2.28. The van der Waals surface area contributed by atoms with E-state index in [-0.39, 0.29) is 47.8 Å². The molecule has 1 saturated carbocycles. The van der Waals surface area contributed by atoms with Gasteiger partial charge in [0.05, 0.1) is 24.8 Å². The van der Waals surface area contributed by atoms with Gasteiger partial charge < -0.3 is 15.4 Å². The third kappa shape index (κ3) is 6.89. The van der Waals surface area contributed by atoms with Gasteiger partial charge in [0, 0.05) is 13.0 Å². The number of ether oxygens (including phenoxy) is 1. The fourth-order valence-electron chi connectivity index (χ4n) is 5.54. The molecule has 1 aliphatic carbocycles. The van der Waals surface area contributed by atoms with Crippen molar-refractivity contribution in [3.63, 3.8) is 0 Å². The average molecular weight is 553 g/mol. The Kier molecular flexibility index (Phi) is 8.89. The van der Waals surface area contributed by atoms with Crippen molar-refractivity contribution in [1.82, 2.24) is 20.4 Å². The van der Waals surface area contributed by atoms with Gasteiger partial charge in [-0.15, -0.1) is 0 Å². The van der Waals surface area contributed by atoms with E-state index in [1.165, 1.54) is 17.7 Å². The second kappa shape index (κ2) is 12.9. The lowest BCUT2D eigenvalue weighted by Crippen LogP contribution is -2.47. The molecular weight excluding hydrogens is 516 g/mol. The van der Waals surface area contributed by atoms with Crippen LogP contribution in [-0.4, -0.2) is 39.5 Å². The number of rotatable bonds is 10. The molecule has 0 saturated heterocycles. The summed E-state index contributed by atoms with van der Waals surface area (Å²) in [6, 6.07) is 25.0. The zero-order chi connectivity index (χ0) is 28.8. The van der Waals surface area contributed by atoms with E-state index >= 15 is 0 Å². The second-order valence-corrected chi connectivity index (χ2v) is 10.7. The Labute approximate surface area is 240 Å². The van der Waals surface area contributed by atoms with Crippen LogP contribution in [0.3, 0.4) is 0 Å². The number of amides is 2. The first-order valence-corrected chi connectivity index (χ1v) is 14.2. The summed E-state index contributed by atoms with van der Waals surface area (Å²) < 4.78 is 7.50. The third-order valence-corrected chi connectivity index (χ3v) is 7.66. The van der Waals surface area contributed by atoms with Crippen LogP contribution in [0.25, 0.3) is 10.8 Å². The highest BCUT2D eigenvalue weighted by molar-refractivity contribution is 5.98. The number of carbonyl (C=O) groups is 3. The van der Waals surface area contributed by atoms with Crippen LogP contribution in [0.4, 0.5) is 0 Å². The quantitative estimate of drug-likeness (QED) is 0.258. The number of nitrogens with zero attached hydrogens (tertiary/aromatic N) is 2. The summed E-state index contributed by atoms with van der Waals surface area (Å²) in [6.07, 6.45) is 3.67. The van der Waals surface area contributed by atoms with Crippen LogP contribution in [0.5, 0.6) is 0 Å². The second-order valence-electron chi connectivity index (χ2n) is 10.7. The fraction of sp³-hybridized carbons (Fsp3) is 0.333. The SMILES string of the molecule is CC(=O)c1cc(C(=O)N[C@@H](C)c2cccc3ccccc23)nn1CC(=O)N[C@H]1CCCC[C@@H]1OCc1ccccc1. The summed E-state index contributed by atoms with van der Waals surface area (Å²) in [6.45, 7) is 3.64. The van der Waals surface area contributed by atoms with E-state index in [1.54, 1.807) is 0 Å². The van der Waals surface area contributed by atoms with Crippen LogP contribution in [0.1, 0.15) is 77.7 Å². The molecule has 0 bridgehead atoms. The van der Waals surface area contributed by atoms with Crippen LogP contribution < -0.4 is 10.6 Å². The van der Waals surface area contributed by atoms with Crippen molar-refractivity contribution in [3.05, 3.63) is 101 Å². The highest BCUT2D eigenvalue weighted by atomic mass is 16.5. The number of benzene rings is 3. The Bertz CT molecular complexity index is 1530. The van der Waals surface area contributed by atoms with E-state index in [4.69, 9.17) is 4.74 Å². The Morgan fingerprint density at radius 1 is 0.976 bits per heavy atom. The first-order valence-electron chi connectivity index (χ1n) is 14.2. The molecule has 41 heavy (non-hydrogen) atoms. The lowest BCUT2D eigenvalue weighted by molar-refractivity contribution is -0.124. The Balaban J connectivity index is 1.24. The van der Waals surface area contributed by atoms with Gasteiger partial charge in [-0.3, -0.25) is 19.1 Å². The maximum atomic E-state index is 13.2. The lowest BCUT2D eigenvalue weighted by atomic mass is 9.92. The topological polar surface area (TPSA) is 102 Å². The van der Waals surface area contributed by atoms with Crippen molar-refractivity contribution in [2.75, 3.05) is 0 Å². The van der Waals surface area contributed by atoms with Crippen molar-refractivity contribution in [2.24, 2.45) is 0 Å². The normalized spacial score (nSPS) is 17.6. The van der Waals surface area contributed by atoms with E-state index in [9.17, 15) is 14.4 Å². The fourth-order valence-corrected chi connectivity index (χ4v) is 5.54. The van der Waals surface area contributed by atoms with Gasteiger partial charge in [-0.05, 0) is 41.7 Å². The minimum Gasteiger partial charge on any atom is -0.371 e. The summed E-state index contributed by atoms with van der Waals surface area (Å²) >= 11 is 0. The molecule has 1 aliphatic rings. The predicted molar refractivity (Wildman–Crippen MR) is 157 cm³/mol. The number of hydrogen-bond donors (Lipinski definition) is 2. The maximum absolute atomic E-state index is 13.2. The van der Waals surface area contributed by atoms with Gasteiger partial charge in [0.1, 0.15) is 12.2 Å². The monoisotopic (exact) mass is 552 g/mol. The standard InChI is InChI=1S/C33H36N4O4/c1-22(26-16-10-14-25-13-6-7-15-27(25)26)34-33(40)29-19-30(23(2)38)37(36-29)20-32(39)35-28-17-8-9-18-31(28)41-21-24-11-4-3-5-12-24/h3-7,10-16,19,22,28,31H,8-9,17-18,20-21H2,1-2H3,(H,34,40)(H,35,39)/t22-,28-,31-/m0/s1. The maximum Gasteiger partial charge on any atom is 0.272 e. The molecule has 0 aliphatic heterocycles. The number of hydrogen-bond acceptors (Lipinski definition) is 5. The number of Topliss-reactive ketones (excluding diaryl/α,β-unsaturated/α-hetero) is 1. The lowest BCUT2D eigenvalue weighted by Gasteiger charge is -2.32. The highest BCUT2D eigenvalue weighted by Crippen LogP contribution is 2.25. The molecule has 3 atom stereocenters. The molecular formula is C33H36N4O4. The number of aromatic nitrogens is 2. The molecule has 1 heterocycles. The Morgan fingerprint density at radius 3 is 2.51 bits per heavy atom. The molecule has 0 spiro atoms. The van der Waals surface area contributed by atoms with Gasteiger partial charge in [0.2, 0.25) is 5.91 Å². The van der Waals surface area contributed by atoms with Crippen molar-refractivity contribution < 1.29 is 19.1 Å². The molecule has 4 aromatic rings. The van der Waals surface area contributed by atoms with Gasteiger partial charge >= 0.3 is 0 Å². The third-order valence-electron chi connectivity index (χ3n) is 7.66. The summed E-state index contributed by atoms with van der Waals surface area (Å²) in [5, 5.41) is 12.6. The van der Waals surface area contributed by atoms with E-state index in [2.05, 4.69) is 15.7 Å². The van der Waals surface area contributed by atoms with E-state index in [1.807, 2.05) is 79.7 Å². The molecule has 0 unspecified atom stereocenters.